The van der Waals surface area contributed by atoms with Gasteiger partial charge in [-0.1, -0.05) is 30.3 Å². The SMILES string of the molecule is O=C(NCC(c1cccs1)S(=O)(=O)c1ccccc1)c1cccc([N+](=O)[O-])c1. The van der Waals surface area contributed by atoms with E-state index in [9.17, 15) is 23.3 Å². The summed E-state index contributed by atoms with van der Waals surface area (Å²) >= 11 is 1.29. The molecule has 1 aromatic heterocycles. The maximum Gasteiger partial charge on any atom is 0.270 e. The summed E-state index contributed by atoms with van der Waals surface area (Å²) in [7, 11) is -3.74. The highest BCUT2D eigenvalue weighted by molar-refractivity contribution is 7.91. The van der Waals surface area contributed by atoms with Gasteiger partial charge in [-0.3, -0.25) is 14.9 Å². The normalized spacial score (nSPS) is 12.3. The fourth-order valence-electron chi connectivity index (χ4n) is 2.66. The van der Waals surface area contributed by atoms with Gasteiger partial charge >= 0.3 is 0 Å². The molecule has 7 nitrogen and oxygen atoms in total. The monoisotopic (exact) mass is 416 g/mol. The summed E-state index contributed by atoms with van der Waals surface area (Å²) in [5.41, 5.74) is -0.115. The molecule has 1 unspecified atom stereocenters. The van der Waals surface area contributed by atoms with E-state index in [0.717, 1.165) is 6.07 Å². The first kappa shape index (κ1) is 19.7. The number of rotatable bonds is 7. The standard InChI is InChI=1S/C19H16N2O5S2/c22-19(14-6-4-7-15(12-14)21(23)24)20-13-18(17-10-5-11-27-17)28(25,26)16-8-2-1-3-9-16/h1-12,18H,13H2,(H,20,22). The zero-order valence-corrected chi connectivity index (χ0v) is 16.2. The average molecular weight is 416 g/mol. The predicted molar refractivity (Wildman–Crippen MR) is 106 cm³/mol. The van der Waals surface area contributed by atoms with Gasteiger partial charge in [0.15, 0.2) is 9.84 Å². The third kappa shape index (κ3) is 4.26. The third-order valence-electron chi connectivity index (χ3n) is 4.07. The van der Waals surface area contributed by atoms with Crippen molar-refractivity contribution in [3.8, 4) is 0 Å². The van der Waals surface area contributed by atoms with Crippen LogP contribution in [0.1, 0.15) is 20.5 Å². The second-order valence-corrected chi connectivity index (χ2v) is 8.99. The first-order chi connectivity index (χ1) is 13.4. The van der Waals surface area contributed by atoms with Gasteiger partial charge in [0, 0.05) is 29.1 Å². The van der Waals surface area contributed by atoms with Crippen LogP contribution in [0.15, 0.2) is 77.0 Å². The summed E-state index contributed by atoms with van der Waals surface area (Å²) in [6.07, 6.45) is 0. The van der Waals surface area contributed by atoms with Crippen LogP contribution < -0.4 is 5.32 Å². The number of nitro groups is 1. The van der Waals surface area contributed by atoms with Crippen LogP contribution >= 0.6 is 11.3 Å². The van der Waals surface area contributed by atoms with Gasteiger partial charge in [0.25, 0.3) is 11.6 Å². The Kier molecular flexibility index (Phi) is 5.86. The molecule has 1 atom stereocenters. The number of nitrogens with one attached hydrogen (secondary N) is 1. The Morgan fingerprint density at radius 2 is 1.82 bits per heavy atom. The number of benzene rings is 2. The molecule has 3 aromatic rings. The summed E-state index contributed by atoms with van der Waals surface area (Å²) in [5.74, 6) is -0.575. The van der Waals surface area contributed by atoms with E-state index in [0.29, 0.717) is 4.88 Å². The number of hydrogen-bond acceptors (Lipinski definition) is 6. The number of amides is 1. The maximum atomic E-state index is 13.1. The molecule has 1 amide bonds. The number of carbonyl (C=O) groups is 1. The number of nitrogens with zero attached hydrogens (tertiary/aromatic N) is 1. The van der Waals surface area contributed by atoms with Crippen LogP contribution in [0.25, 0.3) is 0 Å². The number of carbonyl (C=O) groups excluding carboxylic acids is 1. The number of thiophene rings is 1. The van der Waals surface area contributed by atoms with Gasteiger partial charge < -0.3 is 5.32 Å². The second kappa shape index (κ2) is 8.32. The molecule has 0 aliphatic carbocycles. The van der Waals surface area contributed by atoms with Gasteiger partial charge in [0.1, 0.15) is 5.25 Å². The Bertz CT molecular complexity index is 1080. The zero-order chi connectivity index (χ0) is 20.1. The Morgan fingerprint density at radius 1 is 1.07 bits per heavy atom. The molecule has 0 aliphatic heterocycles. The molecule has 0 fully saturated rings. The largest absolute Gasteiger partial charge is 0.350 e. The molecule has 1 heterocycles. The van der Waals surface area contributed by atoms with Gasteiger partial charge in [-0.2, -0.15) is 0 Å². The molecule has 144 valence electrons. The lowest BCUT2D eigenvalue weighted by Crippen LogP contribution is -2.31. The number of sulfone groups is 1. The van der Waals surface area contributed by atoms with Gasteiger partial charge in [0.2, 0.25) is 0 Å². The van der Waals surface area contributed by atoms with Crippen LogP contribution in [0.3, 0.4) is 0 Å². The fraction of sp³-hybridized carbons (Fsp3) is 0.105. The van der Waals surface area contributed by atoms with Crippen molar-refractivity contribution in [1.29, 1.82) is 0 Å². The molecule has 3 rings (SSSR count). The maximum absolute atomic E-state index is 13.1. The Balaban J connectivity index is 1.85. The Labute approximate surface area is 165 Å². The molecule has 1 N–H and O–H groups in total. The predicted octanol–water partition coefficient (Wildman–Crippen LogP) is 3.60. The van der Waals surface area contributed by atoms with Crippen molar-refractivity contribution >= 4 is 32.8 Å². The van der Waals surface area contributed by atoms with Crippen LogP contribution in [-0.2, 0) is 9.84 Å². The Hall–Kier alpha value is -3.04. The van der Waals surface area contributed by atoms with Gasteiger partial charge in [-0.05, 0) is 29.6 Å². The minimum Gasteiger partial charge on any atom is -0.350 e. The molecular formula is C19H16N2O5S2. The van der Waals surface area contributed by atoms with Crippen molar-refractivity contribution in [2.24, 2.45) is 0 Å². The van der Waals surface area contributed by atoms with Crippen LogP contribution in [0.4, 0.5) is 5.69 Å². The van der Waals surface area contributed by atoms with Gasteiger partial charge in [0.05, 0.1) is 9.82 Å². The summed E-state index contributed by atoms with van der Waals surface area (Å²) in [6, 6.07) is 16.8. The highest BCUT2D eigenvalue weighted by Gasteiger charge is 2.30. The highest BCUT2D eigenvalue weighted by Crippen LogP contribution is 2.31. The minimum absolute atomic E-state index is 0.0937. The van der Waals surface area contributed by atoms with Crippen molar-refractivity contribution in [3.05, 3.63) is 92.7 Å². The topological polar surface area (TPSA) is 106 Å². The lowest BCUT2D eigenvalue weighted by atomic mass is 10.2. The molecule has 0 aliphatic rings. The van der Waals surface area contributed by atoms with E-state index in [1.807, 2.05) is 0 Å². The first-order valence-electron chi connectivity index (χ1n) is 8.24. The summed E-state index contributed by atoms with van der Waals surface area (Å²) in [6.45, 7) is -0.154. The highest BCUT2D eigenvalue weighted by atomic mass is 32.2. The van der Waals surface area contributed by atoms with Gasteiger partial charge in [-0.25, -0.2) is 8.42 Å². The fourth-order valence-corrected chi connectivity index (χ4v) is 5.47. The van der Waals surface area contributed by atoms with E-state index in [1.54, 1.807) is 35.7 Å². The Morgan fingerprint density at radius 3 is 2.46 bits per heavy atom. The van der Waals surface area contributed by atoms with E-state index in [4.69, 9.17) is 0 Å². The van der Waals surface area contributed by atoms with Crippen LogP contribution in [0, 0.1) is 10.1 Å². The number of hydrogen-bond donors (Lipinski definition) is 1. The van der Waals surface area contributed by atoms with E-state index >= 15 is 0 Å². The lowest BCUT2D eigenvalue weighted by Gasteiger charge is -2.17. The molecule has 0 bridgehead atoms. The molecule has 0 saturated heterocycles. The molecule has 0 spiro atoms. The quantitative estimate of drug-likeness (QED) is 0.468. The zero-order valence-electron chi connectivity index (χ0n) is 14.5. The number of non-ortho nitro benzene ring substituents is 1. The second-order valence-electron chi connectivity index (χ2n) is 5.88. The van der Waals surface area contributed by atoms with E-state index in [-0.39, 0.29) is 22.7 Å². The van der Waals surface area contributed by atoms with Crippen molar-refractivity contribution in [3.63, 3.8) is 0 Å². The van der Waals surface area contributed by atoms with Crippen LogP contribution in [-0.4, -0.2) is 25.8 Å². The molecule has 0 radical (unpaired) electrons. The average Bonchev–Trinajstić information content (AvgIpc) is 3.23. The molecule has 9 heteroatoms. The molecule has 0 saturated carbocycles. The summed E-state index contributed by atoms with van der Waals surface area (Å²) in [5, 5.41) is 14.3. The van der Waals surface area contributed by atoms with Gasteiger partial charge in [-0.15, -0.1) is 11.3 Å². The molecular weight excluding hydrogens is 400 g/mol. The van der Waals surface area contributed by atoms with E-state index in [1.165, 1.54) is 41.7 Å². The number of nitro benzene ring substituents is 1. The van der Waals surface area contributed by atoms with Crippen molar-refractivity contribution in [2.45, 2.75) is 10.1 Å². The van der Waals surface area contributed by atoms with Crippen LogP contribution in [0.5, 0.6) is 0 Å². The summed E-state index contributed by atoms with van der Waals surface area (Å²) in [4.78, 5) is 23.5. The van der Waals surface area contributed by atoms with Crippen molar-refractivity contribution < 1.29 is 18.1 Å². The van der Waals surface area contributed by atoms with Crippen molar-refractivity contribution in [2.75, 3.05) is 6.54 Å². The lowest BCUT2D eigenvalue weighted by molar-refractivity contribution is -0.384. The smallest absolute Gasteiger partial charge is 0.270 e. The van der Waals surface area contributed by atoms with E-state index < -0.39 is 25.9 Å². The minimum atomic E-state index is -3.74. The first-order valence-corrected chi connectivity index (χ1v) is 10.7. The third-order valence-corrected chi connectivity index (χ3v) is 7.31. The molecule has 28 heavy (non-hydrogen) atoms. The van der Waals surface area contributed by atoms with Crippen LogP contribution in [0.2, 0.25) is 0 Å². The molecule has 2 aromatic carbocycles. The van der Waals surface area contributed by atoms with Crippen molar-refractivity contribution in [1.82, 2.24) is 5.32 Å². The van der Waals surface area contributed by atoms with E-state index in [2.05, 4.69) is 5.32 Å². The summed E-state index contributed by atoms with van der Waals surface area (Å²) < 4.78 is 26.2.